The van der Waals surface area contributed by atoms with Crippen LogP contribution in [0.4, 0.5) is 0 Å². The number of aromatic amines is 1. The minimum absolute atomic E-state index is 0.0142. The summed E-state index contributed by atoms with van der Waals surface area (Å²) in [5, 5.41) is 10.2. The first-order valence-electron chi connectivity index (χ1n) is 4.15. The minimum atomic E-state index is -0.842. The van der Waals surface area contributed by atoms with E-state index >= 15 is 0 Å². The molecule has 4 heteroatoms. The molecule has 0 aliphatic heterocycles. The summed E-state index contributed by atoms with van der Waals surface area (Å²) >= 11 is 5.93. The molecule has 0 amide bonds. The van der Waals surface area contributed by atoms with Crippen molar-refractivity contribution in [3.05, 3.63) is 35.0 Å². The van der Waals surface area contributed by atoms with Gasteiger partial charge in [0.15, 0.2) is 0 Å². The molecule has 14 heavy (non-hydrogen) atoms. The van der Waals surface area contributed by atoms with Gasteiger partial charge in [-0.3, -0.25) is 4.79 Å². The van der Waals surface area contributed by atoms with E-state index in [-0.39, 0.29) is 6.42 Å². The van der Waals surface area contributed by atoms with E-state index in [0.29, 0.717) is 5.02 Å². The van der Waals surface area contributed by atoms with Gasteiger partial charge in [-0.05, 0) is 11.6 Å². The molecule has 0 bridgehead atoms. The first-order chi connectivity index (χ1) is 6.68. The standard InChI is InChI=1S/C10H8ClNO2/c11-8-3-1-2-7-6(4-9(13)14)5-12-10(7)8/h1-3,5,12H,4H2,(H,13,14). The fraction of sp³-hybridized carbons (Fsp3) is 0.100. The Morgan fingerprint density at radius 3 is 3.00 bits per heavy atom. The van der Waals surface area contributed by atoms with Crippen LogP contribution in [0, 0.1) is 0 Å². The summed E-state index contributed by atoms with van der Waals surface area (Å²) in [5.74, 6) is -0.842. The molecule has 2 aromatic rings. The van der Waals surface area contributed by atoms with E-state index in [0.717, 1.165) is 16.5 Å². The average molecular weight is 210 g/mol. The zero-order valence-corrected chi connectivity index (χ0v) is 8.01. The van der Waals surface area contributed by atoms with Crippen LogP contribution < -0.4 is 0 Å². The number of H-pyrrole nitrogens is 1. The van der Waals surface area contributed by atoms with Gasteiger partial charge in [0.25, 0.3) is 0 Å². The minimum Gasteiger partial charge on any atom is -0.481 e. The molecule has 0 aliphatic rings. The van der Waals surface area contributed by atoms with E-state index in [2.05, 4.69) is 4.98 Å². The van der Waals surface area contributed by atoms with Crippen LogP contribution in [-0.2, 0) is 11.2 Å². The van der Waals surface area contributed by atoms with E-state index in [1.807, 2.05) is 12.1 Å². The molecule has 1 heterocycles. The van der Waals surface area contributed by atoms with Crippen molar-refractivity contribution >= 4 is 28.5 Å². The van der Waals surface area contributed by atoms with Crippen molar-refractivity contribution in [2.24, 2.45) is 0 Å². The topological polar surface area (TPSA) is 53.1 Å². The quantitative estimate of drug-likeness (QED) is 0.798. The number of aliphatic carboxylic acids is 1. The zero-order valence-electron chi connectivity index (χ0n) is 7.25. The lowest BCUT2D eigenvalue weighted by Gasteiger charge is -1.95. The molecule has 0 aliphatic carbocycles. The number of hydrogen-bond donors (Lipinski definition) is 2. The Hall–Kier alpha value is -1.48. The normalized spacial score (nSPS) is 10.6. The van der Waals surface area contributed by atoms with Gasteiger partial charge in [-0.15, -0.1) is 0 Å². The first kappa shape index (κ1) is 9.09. The molecule has 72 valence electrons. The summed E-state index contributed by atoms with van der Waals surface area (Å²) in [4.78, 5) is 13.5. The second-order valence-electron chi connectivity index (χ2n) is 3.05. The van der Waals surface area contributed by atoms with Gasteiger partial charge in [0, 0.05) is 11.6 Å². The number of nitrogens with one attached hydrogen (secondary N) is 1. The van der Waals surface area contributed by atoms with E-state index in [9.17, 15) is 4.79 Å². The van der Waals surface area contributed by atoms with Crippen molar-refractivity contribution in [2.45, 2.75) is 6.42 Å². The highest BCUT2D eigenvalue weighted by Crippen LogP contribution is 2.25. The molecule has 0 fully saturated rings. The highest BCUT2D eigenvalue weighted by atomic mass is 35.5. The van der Waals surface area contributed by atoms with Crippen molar-refractivity contribution < 1.29 is 9.90 Å². The number of halogens is 1. The molecule has 1 aromatic carbocycles. The molecule has 2 rings (SSSR count). The van der Waals surface area contributed by atoms with Crippen molar-refractivity contribution in [1.29, 1.82) is 0 Å². The highest BCUT2D eigenvalue weighted by molar-refractivity contribution is 6.35. The maximum Gasteiger partial charge on any atom is 0.307 e. The molecule has 1 aromatic heterocycles. The highest BCUT2D eigenvalue weighted by Gasteiger charge is 2.08. The molecular weight excluding hydrogens is 202 g/mol. The number of aromatic nitrogens is 1. The van der Waals surface area contributed by atoms with Crippen LogP contribution in [0.15, 0.2) is 24.4 Å². The fourth-order valence-electron chi connectivity index (χ4n) is 1.48. The summed E-state index contributed by atoms with van der Waals surface area (Å²) in [5.41, 5.74) is 1.56. The van der Waals surface area contributed by atoms with E-state index < -0.39 is 5.97 Å². The van der Waals surface area contributed by atoms with E-state index in [1.54, 1.807) is 12.3 Å². The lowest BCUT2D eigenvalue weighted by Crippen LogP contribution is -1.98. The van der Waals surface area contributed by atoms with E-state index in [1.165, 1.54) is 0 Å². The SMILES string of the molecule is O=C(O)Cc1c[nH]c2c(Cl)cccc12. The Balaban J connectivity index is 2.58. The zero-order chi connectivity index (χ0) is 10.1. The molecule has 0 atom stereocenters. The van der Waals surface area contributed by atoms with Gasteiger partial charge in [0.2, 0.25) is 0 Å². The number of carboxylic acid groups (broad SMARTS) is 1. The number of rotatable bonds is 2. The van der Waals surface area contributed by atoms with Gasteiger partial charge in [0.1, 0.15) is 0 Å². The second-order valence-corrected chi connectivity index (χ2v) is 3.45. The van der Waals surface area contributed by atoms with Crippen molar-refractivity contribution in [1.82, 2.24) is 4.98 Å². The number of benzene rings is 1. The van der Waals surface area contributed by atoms with Crippen LogP contribution in [-0.4, -0.2) is 16.1 Å². The monoisotopic (exact) mass is 209 g/mol. The number of carboxylic acids is 1. The molecule has 2 N–H and O–H groups in total. The Labute approximate surface area is 85.3 Å². The summed E-state index contributed by atoms with van der Waals surface area (Å²) in [6.07, 6.45) is 1.70. The second kappa shape index (κ2) is 3.35. The number of para-hydroxylation sites is 1. The molecule has 0 spiro atoms. The predicted molar refractivity (Wildman–Crippen MR) is 54.6 cm³/mol. The third-order valence-corrected chi connectivity index (χ3v) is 2.41. The Bertz CT molecular complexity index is 490. The summed E-state index contributed by atoms with van der Waals surface area (Å²) in [6.45, 7) is 0. The van der Waals surface area contributed by atoms with Crippen LogP contribution in [0.5, 0.6) is 0 Å². The molecular formula is C10H8ClNO2. The molecule has 0 saturated carbocycles. The molecule has 3 nitrogen and oxygen atoms in total. The van der Waals surface area contributed by atoms with Gasteiger partial charge in [-0.1, -0.05) is 23.7 Å². The maximum absolute atomic E-state index is 10.5. The van der Waals surface area contributed by atoms with Gasteiger partial charge < -0.3 is 10.1 Å². The third kappa shape index (κ3) is 1.46. The Kier molecular flexibility index (Phi) is 2.17. The largest absolute Gasteiger partial charge is 0.481 e. The summed E-state index contributed by atoms with van der Waals surface area (Å²) in [7, 11) is 0. The van der Waals surface area contributed by atoms with Crippen LogP contribution in [0.2, 0.25) is 5.02 Å². The van der Waals surface area contributed by atoms with Gasteiger partial charge in [-0.2, -0.15) is 0 Å². The number of hydrogen-bond acceptors (Lipinski definition) is 1. The molecule has 0 radical (unpaired) electrons. The van der Waals surface area contributed by atoms with Crippen molar-refractivity contribution in [3.8, 4) is 0 Å². The fourth-order valence-corrected chi connectivity index (χ4v) is 1.71. The van der Waals surface area contributed by atoms with Crippen LogP contribution in [0.1, 0.15) is 5.56 Å². The van der Waals surface area contributed by atoms with Crippen LogP contribution in [0.3, 0.4) is 0 Å². The van der Waals surface area contributed by atoms with Crippen molar-refractivity contribution in [2.75, 3.05) is 0 Å². The first-order valence-corrected chi connectivity index (χ1v) is 4.52. The van der Waals surface area contributed by atoms with Gasteiger partial charge in [0.05, 0.1) is 17.0 Å². The van der Waals surface area contributed by atoms with Gasteiger partial charge >= 0.3 is 5.97 Å². The predicted octanol–water partition coefficient (Wildman–Crippen LogP) is 2.45. The number of fused-ring (bicyclic) bond motifs is 1. The molecule has 0 unspecified atom stereocenters. The lowest BCUT2D eigenvalue weighted by atomic mass is 10.1. The van der Waals surface area contributed by atoms with Crippen LogP contribution >= 0.6 is 11.6 Å². The molecule has 0 saturated heterocycles. The Morgan fingerprint density at radius 2 is 2.29 bits per heavy atom. The summed E-state index contributed by atoms with van der Waals surface area (Å²) < 4.78 is 0. The maximum atomic E-state index is 10.5. The summed E-state index contributed by atoms with van der Waals surface area (Å²) in [6, 6.07) is 5.44. The number of carbonyl (C=O) groups is 1. The van der Waals surface area contributed by atoms with Gasteiger partial charge in [-0.25, -0.2) is 0 Å². The van der Waals surface area contributed by atoms with Crippen molar-refractivity contribution in [3.63, 3.8) is 0 Å². The Morgan fingerprint density at radius 1 is 1.50 bits per heavy atom. The van der Waals surface area contributed by atoms with Crippen LogP contribution in [0.25, 0.3) is 10.9 Å². The lowest BCUT2D eigenvalue weighted by molar-refractivity contribution is -0.136. The third-order valence-electron chi connectivity index (χ3n) is 2.09. The smallest absolute Gasteiger partial charge is 0.307 e. The average Bonchev–Trinajstić information content (AvgIpc) is 2.49. The van der Waals surface area contributed by atoms with E-state index in [4.69, 9.17) is 16.7 Å².